The van der Waals surface area contributed by atoms with E-state index in [-0.39, 0.29) is 5.97 Å². The van der Waals surface area contributed by atoms with E-state index in [9.17, 15) is 4.79 Å². The summed E-state index contributed by atoms with van der Waals surface area (Å²) in [5.74, 6) is -0.137. The van der Waals surface area contributed by atoms with E-state index in [0.717, 1.165) is 45.5 Å². The van der Waals surface area contributed by atoms with Crippen molar-refractivity contribution in [1.82, 2.24) is 10.2 Å². The molecule has 1 N–H and O–H groups in total. The number of hydrogen-bond donors (Lipinski definition) is 1. The maximum absolute atomic E-state index is 12.1. The smallest absolute Gasteiger partial charge is 0.325 e. The molecule has 1 heterocycles. The zero-order valence-corrected chi connectivity index (χ0v) is 13.7. The average Bonchev–Trinajstić information content (AvgIpc) is 3.26. The minimum atomic E-state index is -0.538. The quantitative estimate of drug-likeness (QED) is 0.723. The molecular weight excluding hydrogens is 268 g/mol. The Morgan fingerprint density at radius 3 is 2.90 bits per heavy atom. The largest absolute Gasteiger partial charge is 0.468 e. The third-order valence-corrected chi connectivity index (χ3v) is 4.42. The Labute approximate surface area is 128 Å². The second-order valence-electron chi connectivity index (χ2n) is 6.68. The van der Waals surface area contributed by atoms with Gasteiger partial charge in [0.05, 0.1) is 13.2 Å². The summed E-state index contributed by atoms with van der Waals surface area (Å²) in [5, 5.41) is 3.46. The molecular formula is C16H30N2O3. The molecule has 0 aromatic rings. The van der Waals surface area contributed by atoms with Crippen LogP contribution in [-0.4, -0.2) is 61.9 Å². The molecule has 1 saturated heterocycles. The number of carbonyl (C=O) groups excluding carboxylic acids is 1. The van der Waals surface area contributed by atoms with Crippen molar-refractivity contribution < 1.29 is 14.3 Å². The lowest BCUT2D eigenvalue weighted by Gasteiger charge is -2.29. The highest BCUT2D eigenvalue weighted by molar-refractivity contribution is 5.80. The summed E-state index contributed by atoms with van der Waals surface area (Å²) in [7, 11) is 1.48. The number of methoxy groups -OCH3 is 1. The number of carbonyl (C=O) groups is 1. The van der Waals surface area contributed by atoms with Gasteiger partial charge >= 0.3 is 5.97 Å². The fourth-order valence-electron chi connectivity index (χ4n) is 3.08. The van der Waals surface area contributed by atoms with E-state index in [4.69, 9.17) is 9.47 Å². The molecule has 5 heteroatoms. The van der Waals surface area contributed by atoms with Gasteiger partial charge in [-0.25, -0.2) is 0 Å². The number of nitrogens with one attached hydrogen (secondary N) is 1. The van der Waals surface area contributed by atoms with Crippen LogP contribution in [0.4, 0.5) is 0 Å². The predicted molar refractivity (Wildman–Crippen MR) is 82.3 cm³/mol. The fourth-order valence-corrected chi connectivity index (χ4v) is 3.08. The van der Waals surface area contributed by atoms with Crippen LogP contribution in [-0.2, 0) is 14.3 Å². The van der Waals surface area contributed by atoms with Gasteiger partial charge < -0.3 is 14.4 Å². The molecule has 0 amide bonds. The Morgan fingerprint density at radius 1 is 1.48 bits per heavy atom. The minimum absolute atomic E-state index is 0.137. The molecule has 0 spiro atoms. The molecule has 1 aliphatic carbocycles. The molecule has 1 aliphatic heterocycles. The topological polar surface area (TPSA) is 50.8 Å². The lowest BCUT2D eigenvalue weighted by atomic mass is 9.95. The SMILES string of the molecule is COC(=O)C(C)(CCCN1CCCOC(C)C1)NC1CC1. The lowest BCUT2D eigenvalue weighted by molar-refractivity contribution is -0.148. The first-order valence-electron chi connectivity index (χ1n) is 8.23. The van der Waals surface area contributed by atoms with E-state index >= 15 is 0 Å². The minimum Gasteiger partial charge on any atom is -0.468 e. The number of ether oxygens (including phenoxy) is 2. The van der Waals surface area contributed by atoms with E-state index in [2.05, 4.69) is 17.1 Å². The van der Waals surface area contributed by atoms with Crippen molar-refractivity contribution in [2.45, 2.75) is 63.6 Å². The molecule has 21 heavy (non-hydrogen) atoms. The van der Waals surface area contributed by atoms with Crippen molar-refractivity contribution in [3.05, 3.63) is 0 Å². The number of esters is 1. The van der Waals surface area contributed by atoms with E-state index in [1.54, 1.807) is 0 Å². The van der Waals surface area contributed by atoms with Crippen LogP contribution in [0, 0.1) is 0 Å². The zero-order valence-electron chi connectivity index (χ0n) is 13.7. The summed E-state index contributed by atoms with van der Waals surface area (Å²) in [6.45, 7) is 8.07. The standard InChI is InChI=1S/C16H30N2O3/c1-13-12-18(10-5-11-21-13)9-4-8-16(2,15(19)20-3)17-14-6-7-14/h13-14,17H,4-12H2,1-3H3. The highest BCUT2D eigenvalue weighted by Gasteiger charge is 2.38. The molecule has 2 unspecified atom stereocenters. The first-order valence-corrected chi connectivity index (χ1v) is 8.23. The number of rotatable bonds is 7. The van der Waals surface area contributed by atoms with Gasteiger partial charge in [0.2, 0.25) is 0 Å². The highest BCUT2D eigenvalue weighted by Crippen LogP contribution is 2.25. The monoisotopic (exact) mass is 298 g/mol. The highest BCUT2D eigenvalue weighted by atomic mass is 16.5. The second-order valence-corrected chi connectivity index (χ2v) is 6.68. The van der Waals surface area contributed by atoms with Crippen molar-refractivity contribution in [1.29, 1.82) is 0 Å². The van der Waals surface area contributed by atoms with E-state index in [0.29, 0.717) is 12.1 Å². The van der Waals surface area contributed by atoms with Crippen LogP contribution in [0.5, 0.6) is 0 Å². The van der Waals surface area contributed by atoms with Gasteiger partial charge in [-0.3, -0.25) is 10.1 Å². The molecule has 2 rings (SSSR count). The molecule has 0 radical (unpaired) electrons. The Kier molecular flexibility index (Phi) is 6.02. The lowest BCUT2D eigenvalue weighted by Crippen LogP contribution is -2.51. The molecule has 0 aromatic heterocycles. The Balaban J connectivity index is 1.79. The second kappa shape index (κ2) is 7.56. The molecule has 1 saturated carbocycles. The van der Waals surface area contributed by atoms with Gasteiger partial charge in [-0.05, 0) is 52.5 Å². The van der Waals surface area contributed by atoms with Crippen molar-refractivity contribution in [2.75, 3.05) is 33.4 Å². The van der Waals surface area contributed by atoms with Crippen LogP contribution in [0.1, 0.15) is 46.0 Å². The molecule has 122 valence electrons. The van der Waals surface area contributed by atoms with Crippen LogP contribution in [0.2, 0.25) is 0 Å². The molecule has 5 nitrogen and oxygen atoms in total. The summed E-state index contributed by atoms with van der Waals surface area (Å²) in [6, 6.07) is 0.501. The maximum atomic E-state index is 12.1. The third kappa shape index (κ3) is 5.24. The zero-order chi connectivity index (χ0) is 15.3. The molecule has 0 aromatic carbocycles. The number of nitrogens with zero attached hydrogens (tertiary/aromatic N) is 1. The van der Waals surface area contributed by atoms with Crippen LogP contribution < -0.4 is 5.32 Å². The van der Waals surface area contributed by atoms with Crippen molar-refractivity contribution >= 4 is 5.97 Å². The maximum Gasteiger partial charge on any atom is 0.325 e. The summed E-state index contributed by atoms with van der Waals surface area (Å²) < 4.78 is 10.7. The van der Waals surface area contributed by atoms with Gasteiger partial charge in [-0.15, -0.1) is 0 Å². The van der Waals surface area contributed by atoms with Crippen LogP contribution in [0.25, 0.3) is 0 Å². The van der Waals surface area contributed by atoms with Crippen molar-refractivity contribution in [3.8, 4) is 0 Å². The summed E-state index contributed by atoms with van der Waals surface area (Å²) in [6.07, 6.45) is 5.57. The van der Waals surface area contributed by atoms with Gasteiger partial charge in [-0.2, -0.15) is 0 Å². The Morgan fingerprint density at radius 2 is 2.24 bits per heavy atom. The van der Waals surface area contributed by atoms with Crippen LogP contribution >= 0.6 is 0 Å². The predicted octanol–water partition coefficient (Wildman–Crippen LogP) is 1.56. The Bertz CT molecular complexity index is 346. The number of hydrogen-bond acceptors (Lipinski definition) is 5. The first kappa shape index (κ1) is 16.7. The van der Waals surface area contributed by atoms with Gasteiger partial charge in [0, 0.05) is 25.7 Å². The first-order chi connectivity index (χ1) is 10.0. The van der Waals surface area contributed by atoms with Crippen LogP contribution in [0.15, 0.2) is 0 Å². The van der Waals surface area contributed by atoms with Gasteiger partial charge in [0.15, 0.2) is 0 Å². The van der Waals surface area contributed by atoms with E-state index < -0.39 is 5.54 Å². The summed E-state index contributed by atoms with van der Waals surface area (Å²) in [5.41, 5.74) is -0.538. The molecule has 0 bridgehead atoms. The average molecular weight is 298 g/mol. The van der Waals surface area contributed by atoms with E-state index in [1.165, 1.54) is 20.0 Å². The van der Waals surface area contributed by atoms with Crippen LogP contribution in [0.3, 0.4) is 0 Å². The molecule has 2 aliphatic rings. The normalized spacial score (nSPS) is 26.9. The van der Waals surface area contributed by atoms with Crippen molar-refractivity contribution in [3.63, 3.8) is 0 Å². The van der Waals surface area contributed by atoms with E-state index in [1.807, 2.05) is 6.92 Å². The van der Waals surface area contributed by atoms with Gasteiger partial charge in [-0.1, -0.05) is 0 Å². The fraction of sp³-hybridized carbons (Fsp3) is 0.938. The molecule has 2 fully saturated rings. The molecule has 2 atom stereocenters. The Hall–Kier alpha value is -0.650. The third-order valence-electron chi connectivity index (χ3n) is 4.42. The summed E-state index contributed by atoms with van der Waals surface area (Å²) in [4.78, 5) is 14.5. The van der Waals surface area contributed by atoms with Crippen molar-refractivity contribution in [2.24, 2.45) is 0 Å². The summed E-state index contributed by atoms with van der Waals surface area (Å²) >= 11 is 0. The van der Waals surface area contributed by atoms with Gasteiger partial charge in [0.25, 0.3) is 0 Å². The van der Waals surface area contributed by atoms with Gasteiger partial charge in [0.1, 0.15) is 5.54 Å².